The average molecular weight is 258 g/mol. The molecule has 2 nitrogen and oxygen atoms in total. The van der Waals surface area contributed by atoms with E-state index in [9.17, 15) is 0 Å². The zero-order valence-corrected chi connectivity index (χ0v) is 11.2. The third-order valence-electron chi connectivity index (χ3n) is 3.76. The fourth-order valence-corrected chi connectivity index (χ4v) is 2.68. The number of fused-ring (bicyclic) bond motifs is 2. The molecule has 2 heteroatoms. The fourth-order valence-electron chi connectivity index (χ4n) is 2.68. The van der Waals surface area contributed by atoms with Crippen molar-refractivity contribution in [2.45, 2.75) is 6.92 Å². The summed E-state index contributed by atoms with van der Waals surface area (Å²) in [5.74, 6) is 0. The van der Waals surface area contributed by atoms with Gasteiger partial charge in [-0.05, 0) is 41.5 Å². The molecule has 0 spiro atoms. The van der Waals surface area contributed by atoms with E-state index in [1.54, 1.807) is 0 Å². The quantitative estimate of drug-likeness (QED) is 0.492. The molecule has 2 aromatic heterocycles. The summed E-state index contributed by atoms with van der Waals surface area (Å²) in [5.41, 5.74) is 4.46. The Labute approximate surface area is 117 Å². The average Bonchev–Trinajstić information content (AvgIpc) is 2.91. The zero-order valence-electron chi connectivity index (χ0n) is 11.2. The van der Waals surface area contributed by atoms with E-state index < -0.39 is 0 Å². The Morgan fingerprint density at radius 2 is 1.90 bits per heavy atom. The van der Waals surface area contributed by atoms with Crippen LogP contribution in [0.5, 0.6) is 0 Å². The first-order chi connectivity index (χ1) is 9.81. The molecule has 96 valence electrons. The van der Waals surface area contributed by atoms with Gasteiger partial charge >= 0.3 is 0 Å². The van der Waals surface area contributed by atoms with Gasteiger partial charge in [-0.15, -0.1) is 0 Å². The van der Waals surface area contributed by atoms with Crippen LogP contribution in [0.2, 0.25) is 0 Å². The highest BCUT2D eigenvalue weighted by molar-refractivity contribution is 5.89. The van der Waals surface area contributed by atoms with Gasteiger partial charge in [0.05, 0.1) is 5.69 Å². The van der Waals surface area contributed by atoms with Crippen LogP contribution in [-0.2, 0) is 0 Å². The lowest BCUT2D eigenvalue weighted by Crippen LogP contribution is -1.81. The third-order valence-corrected chi connectivity index (χ3v) is 3.76. The molecule has 0 aliphatic carbocycles. The number of hydrogen-bond donors (Lipinski definition) is 0. The molecular weight excluding hydrogens is 244 g/mol. The van der Waals surface area contributed by atoms with E-state index in [0.29, 0.717) is 0 Å². The van der Waals surface area contributed by atoms with Crippen LogP contribution in [0.3, 0.4) is 0 Å². The lowest BCUT2D eigenvalue weighted by Gasteiger charge is -2.03. The van der Waals surface area contributed by atoms with Crippen molar-refractivity contribution < 1.29 is 0 Å². The minimum Gasteiger partial charge on any atom is -0.306 e. The summed E-state index contributed by atoms with van der Waals surface area (Å²) in [4.78, 5) is 4.68. The van der Waals surface area contributed by atoms with Gasteiger partial charge in [0.2, 0.25) is 0 Å². The molecule has 0 unspecified atom stereocenters. The second-order valence-electron chi connectivity index (χ2n) is 5.10. The van der Waals surface area contributed by atoms with Gasteiger partial charge in [0.25, 0.3) is 0 Å². The first-order valence-corrected chi connectivity index (χ1v) is 6.75. The first-order valence-electron chi connectivity index (χ1n) is 6.75. The van der Waals surface area contributed by atoms with Crippen molar-refractivity contribution in [2.75, 3.05) is 0 Å². The third kappa shape index (κ3) is 1.69. The Morgan fingerprint density at radius 3 is 2.80 bits per heavy atom. The molecule has 4 aromatic rings. The first kappa shape index (κ1) is 11.2. The highest BCUT2D eigenvalue weighted by Crippen LogP contribution is 2.25. The van der Waals surface area contributed by atoms with Crippen LogP contribution in [0, 0.1) is 6.92 Å². The Hall–Kier alpha value is -2.61. The lowest BCUT2D eigenvalue weighted by molar-refractivity contribution is 1.19. The molecule has 0 aliphatic rings. The van der Waals surface area contributed by atoms with Crippen LogP contribution in [0.15, 0.2) is 67.0 Å². The maximum absolute atomic E-state index is 4.68. The number of aromatic nitrogens is 2. The van der Waals surface area contributed by atoms with Crippen molar-refractivity contribution in [3.63, 3.8) is 0 Å². The molecule has 0 radical (unpaired) electrons. The normalized spacial score (nSPS) is 11.2. The number of aryl methyl sites for hydroxylation is 1. The van der Waals surface area contributed by atoms with E-state index in [0.717, 1.165) is 16.9 Å². The van der Waals surface area contributed by atoms with Crippen molar-refractivity contribution in [1.29, 1.82) is 0 Å². The number of rotatable bonds is 1. The summed E-state index contributed by atoms with van der Waals surface area (Å²) in [5, 5.41) is 2.57. The largest absolute Gasteiger partial charge is 0.306 e. The summed E-state index contributed by atoms with van der Waals surface area (Å²) < 4.78 is 2.05. The summed E-state index contributed by atoms with van der Waals surface area (Å²) in [7, 11) is 0. The maximum Gasteiger partial charge on any atom is 0.137 e. The summed E-state index contributed by atoms with van der Waals surface area (Å²) in [6, 6.07) is 19.0. The Morgan fingerprint density at radius 1 is 0.950 bits per heavy atom. The van der Waals surface area contributed by atoms with Crippen LogP contribution in [0.4, 0.5) is 0 Å². The van der Waals surface area contributed by atoms with Crippen LogP contribution >= 0.6 is 0 Å². The number of hydrogen-bond acceptors (Lipinski definition) is 1. The molecule has 0 saturated carbocycles. The number of nitrogens with zero attached hydrogens (tertiary/aromatic N) is 2. The van der Waals surface area contributed by atoms with Crippen LogP contribution in [0.1, 0.15) is 5.56 Å². The van der Waals surface area contributed by atoms with Gasteiger partial charge < -0.3 is 4.40 Å². The number of imidazole rings is 1. The molecule has 2 aromatic carbocycles. The van der Waals surface area contributed by atoms with E-state index in [2.05, 4.69) is 58.9 Å². The van der Waals surface area contributed by atoms with Crippen molar-refractivity contribution >= 4 is 16.4 Å². The molecule has 0 amide bonds. The van der Waals surface area contributed by atoms with E-state index in [1.807, 2.05) is 24.4 Å². The number of pyridine rings is 1. The molecule has 20 heavy (non-hydrogen) atoms. The Kier molecular flexibility index (Phi) is 2.36. The van der Waals surface area contributed by atoms with Gasteiger partial charge in [-0.3, -0.25) is 0 Å². The van der Waals surface area contributed by atoms with Gasteiger partial charge in [-0.1, -0.05) is 36.4 Å². The van der Waals surface area contributed by atoms with Gasteiger partial charge in [0, 0.05) is 18.0 Å². The van der Waals surface area contributed by atoms with Crippen molar-refractivity contribution in [3.8, 4) is 11.3 Å². The van der Waals surface area contributed by atoms with Gasteiger partial charge in [-0.25, -0.2) is 4.98 Å². The highest BCUT2D eigenvalue weighted by atomic mass is 15.0. The minimum atomic E-state index is 0.979. The van der Waals surface area contributed by atoms with Crippen LogP contribution < -0.4 is 0 Å². The predicted molar refractivity (Wildman–Crippen MR) is 82.9 cm³/mol. The van der Waals surface area contributed by atoms with Crippen molar-refractivity contribution in [1.82, 2.24) is 9.38 Å². The van der Waals surface area contributed by atoms with Gasteiger partial charge in [0.15, 0.2) is 0 Å². The summed E-state index contributed by atoms with van der Waals surface area (Å²) >= 11 is 0. The van der Waals surface area contributed by atoms with Gasteiger partial charge in [-0.2, -0.15) is 0 Å². The second kappa shape index (κ2) is 4.20. The van der Waals surface area contributed by atoms with E-state index in [1.165, 1.54) is 16.3 Å². The molecule has 0 N–H and O–H groups in total. The lowest BCUT2D eigenvalue weighted by atomic mass is 10.0. The molecule has 0 fully saturated rings. The molecule has 0 atom stereocenters. The molecular formula is C18H14N2. The molecule has 2 heterocycles. The monoisotopic (exact) mass is 258 g/mol. The predicted octanol–water partition coefficient (Wildman–Crippen LogP) is 4.46. The van der Waals surface area contributed by atoms with Crippen molar-refractivity contribution in [3.05, 3.63) is 72.6 Å². The topological polar surface area (TPSA) is 17.3 Å². The number of benzene rings is 2. The zero-order chi connectivity index (χ0) is 13.5. The van der Waals surface area contributed by atoms with E-state index in [-0.39, 0.29) is 0 Å². The van der Waals surface area contributed by atoms with E-state index in [4.69, 9.17) is 0 Å². The van der Waals surface area contributed by atoms with Crippen LogP contribution in [0.25, 0.3) is 27.7 Å². The molecule has 0 saturated heterocycles. The van der Waals surface area contributed by atoms with E-state index >= 15 is 0 Å². The highest BCUT2D eigenvalue weighted by Gasteiger charge is 2.05. The fraction of sp³-hybridized carbons (Fsp3) is 0.0556. The molecule has 0 bridgehead atoms. The molecule has 0 aliphatic heterocycles. The Balaban J connectivity index is 1.93. The Bertz CT molecular complexity index is 886. The standard InChI is InChI=1S/C18H14N2/c1-13-5-4-6-14-11-15(8-9-16(13)14)17-12-20-10-3-2-7-18(20)19-17/h2-12H,1H3. The SMILES string of the molecule is Cc1cccc2cc(-c3cn4ccccc4n3)ccc12. The van der Waals surface area contributed by atoms with Crippen molar-refractivity contribution in [2.24, 2.45) is 0 Å². The van der Waals surface area contributed by atoms with Gasteiger partial charge in [0.1, 0.15) is 5.65 Å². The second-order valence-corrected chi connectivity index (χ2v) is 5.10. The molecule has 4 rings (SSSR count). The van der Waals surface area contributed by atoms with Crippen LogP contribution in [-0.4, -0.2) is 9.38 Å². The minimum absolute atomic E-state index is 0.979. The smallest absolute Gasteiger partial charge is 0.137 e. The summed E-state index contributed by atoms with van der Waals surface area (Å²) in [6.07, 6.45) is 4.10. The maximum atomic E-state index is 4.68. The summed E-state index contributed by atoms with van der Waals surface area (Å²) in [6.45, 7) is 2.15.